The summed E-state index contributed by atoms with van der Waals surface area (Å²) in [6, 6.07) is 165. The number of para-hydroxylation sites is 2. The Kier molecular flexibility index (Phi) is 20.7. The minimum Gasteiger partial charge on any atom is -0.310 e. The van der Waals surface area contributed by atoms with Crippen LogP contribution in [-0.4, -0.2) is 9.97 Å². The number of rotatable bonds is 11. The fourth-order valence-electron chi connectivity index (χ4n) is 26.6. The van der Waals surface area contributed by atoms with Gasteiger partial charge in [-0.1, -0.05) is 431 Å². The van der Waals surface area contributed by atoms with Crippen LogP contribution in [0.4, 0.5) is 34.1 Å². The van der Waals surface area contributed by atoms with Crippen LogP contribution in [0.25, 0.3) is 177 Å². The lowest BCUT2D eigenvalue weighted by atomic mass is 9.79. The molecular formula is C146H118N4. The summed E-state index contributed by atoms with van der Waals surface area (Å²) in [5.74, 6) is 0. The number of aromatic nitrogens is 2. The largest absolute Gasteiger partial charge is 0.310 e. The van der Waals surface area contributed by atoms with Crippen molar-refractivity contribution in [3.8, 4) is 123 Å². The molecule has 0 radical (unpaired) electrons. The molecule has 4 heteroatoms. The highest BCUT2D eigenvalue weighted by Gasteiger charge is 2.43. The number of hydrogen-bond donors (Lipinski definition) is 0. The van der Waals surface area contributed by atoms with Crippen LogP contribution in [0, 0.1) is 0 Å². The fourth-order valence-corrected chi connectivity index (χ4v) is 26.6. The van der Waals surface area contributed by atoms with Crippen LogP contribution < -0.4 is 9.80 Å². The first-order chi connectivity index (χ1) is 72.5. The van der Waals surface area contributed by atoms with Gasteiger partial charge in [0.05, 0.1) is 22.4 Å². The van der Waals surface area contributed by atoms with E-state index in [9.17, 15) is 0 Å². The Morgan fingerprint density at radius 2 is 0.420 bits per heavy atom. The molecule has 0 unspecified atom stereocenters. The smallest absolute Gasteiger partial charge is 0.0972 e. The predicted octanol–water partition coefficient (Wildman–Crippen LogP) is 39.5. The van der Waals surface area contributed by atoms with Crippen LogP contribution in [0.1, 0.15) is 176 Å². The summed E-state index contributed by atoms with van der Waals surface area (Å²) >= 11 is 0. The van der Waals surface area contributed by atoms with Gasteiger partial charge >= 0.3 is 0 Å². The van der Waals surface area contributed by atoms with Gasteiger partial charge in [0.1, 0.15) is 0 Å². The molecule has 0 saturated heterocycles. The number of hydrogen-bond acceptors (Lipinski definition) is 4. The second-order valence-electron chi connectivity index (χ2n) is 46.7. The molecule has 4 nitrogen and oxygen atoms in total. The second-order valence-corrected chi connectivity index (χ2v) is 46.7. The Bertz CT molecular complexity index is 9150. The zero-order valence-corrected chi connectivity index (χ0v) is 87.9. The third-order valence-electron chi connectivity index (χ3n) is 34.9. The van der Waals surface area contributed by atoms with E-state index in [0.717, 1.165) is 78.4 Å². The Morgan fingerprint density at radius 1 is 0.173 bits per heavy atom. The summed E-state index contributed by atoms with van der Waals surface area (Å²) in [4.78, 5) is 15.3. The van der Waals surface area contributed by atoms with Crippen molar-refractivity contribution in [2.24, 2.45) is 0 Å². The standard InChI is InChI=1S/C54H44N2.C50H42.C42H32N2/c1-53(2)49-21-13-11-19-45(49)47-33-31-43(35-51(47)53)55(39-15-7-5-8-16-39)41-27-23-37(24-28-41)38-25-29-42(30-26-38)56(40-17-9-6-10-18-40)44-32-34-48-46-20-12-14-22-50(46)54(3,4)52(48)36-44;1-48(2,3)35-24-33-13-12-29-14-19-36(41-23-18-34(25-35)46(33)47(29)41)32-17-22-40-39-21-16-31(27-44(39)50(6,7)45(40)28-32)30-15-20-38-37-10-8-9-11-42(37)49(4,5)43(38)26-30;1-41(2)33-11-7-5-9-29(33)31-19-15-27(23-35(31)41)37-21-17-25-13-14-26-18-22-38(44-40(26)39(25)43-37)28-16-20-32-30-10-6-8-12-34(30)42(3,4)36(32)24-28/h5-36H,1-4H3;8-28H,1-7H3;5-24H,1-4H3. The summed E-state index contributed by atoms with van der Waals surface area (Å²) in [7, 11) is 0. The molecule has 0 atom stereocenters. The van der Waals surface area contributed by atoms with E-state index in [4.69, 9.17) is 9.97 Å². The van der Waals surface area contributed by atoms with Crippen molar-refractivity contribution >= 4 is 88.2 Å². The van der Waals surface area contributed by atoms with E-state index in [1.807, 2.05) is 0 Å². The van der Waals surface area contributed by atoms with Crippen LogP contribution in [0.2, 0.25) is 0 Å². The van der Waals surface area contributed by atoms with Gasteiger partial charge in [-0.3, -0.25) is 0 Å². The monoisotopic (exact) mass is 1930 g/mol. The Hall–Kier alpha value is -16.9. The predicted molar refractivity (Wildman–Crippen MR) is 634 cm³/mol. The fraction of sp³-hybridized carbons (Fsp3) is 0.151. The summed E-state index contributed by atoms with van der Waals surface area (Å²) in [6.45, 7) is 35.2. The molecule has 0 spiro atoms. The Morgan fingerprint density at radius 3 is 0.787 bits per heavy atom. The first kappa shape index (κ1) is 91.7. The lowest BCUT2D eigenvalue weighted by Gasteiger charge is -2.28. The van der Waals surface area contributed by atoms with Crippen LogP contribution in [0.5, 0.6) is 0 Å². The topological polar surface area (TPSA) is 32.3 Å². The van der Waals surface area contributed by atoms with Crippen LogP contribution >= 0.6 is 0 Å². The normalized spacial score (nSPS) is 14.8. The summed E-state index contributed by atoms with van der Waals surface area (Å²) in [5.41, 5.74) is 54.5. The summed E-state index contributed by atoms with van der Waals surface area (Å²) in [6.07, 6.45) is 0. The molecule has 0 saturated carbocycles. The maximum Gasteiger partial charge on any atom is 0.0972 e. The lowest BCUT2D eigenvalue weighted by molar-refractivity contribution is 0.591. The minimum absolute atomic E-state index is 0.00886. The number of fused-ring (bicyclic) bond motifs is 21. The van der Waals surface area contributed by atoms with E-state index in [2.05, 4.69) is 557 Å². The van der Waals surface area contributed by atoms with E-state index in [0.29, 0.717) is 0 Å². The van der Waals surface area contributed by atoms with Gasteiger partial charge in [0, 0.05) is 88.5 Å². The lowest BCUT2D eigenvalue weighted by Crippen LogP contribution is -2.16. The first-order valence-corrected chi connectivity index (χ1v) is 53.4. The molecule has 0 N–H and O–H groups in total. The van der Waals surface area contributed by atoms with Gasteiger partial charge in [-0.15, -0.1) is 0 Å². The number of anilines is 6. The van der Waals surface area contributed by atoms with Crippen LogP contribution in [0.3, 0.4) is 0 Å². The van der Waals surface area contributed by atoms with Crippen molar-refractivity contribution < 1.29 is 0 Å². The van der Waals surface area contributed by atoms with Crippen LogP contribution in [-0.2, 0) is 37.9 Å². The average molecular weight is 1930 g/mol. The third-order valence-corrected chi connectivity index (χ3v) is 34.9. The Labute approximate surface area is 881 Å². The van der Waals surface area contributed by atoms with Gasteiger partial charge in [0.2, 0.25) is 0 Å². The minimum atomic E-state index is -0.115. The van der Waals surface area contributed by atoms with Gasteiger partial charge < -0.3 is 9.80 Å². The summed E-state index contributed by atoms with van der Waals surface area (Å²) in [5, 5.41) is 10.3. The summed E-state index contributed by atoms with van der Waals surface area (Å²) < 4.78 is 0. The van der Waals surface area contributed by atoms with Gasteiger partial charge in [-0.2, -0.15) is 0 Å². The molecule has 23 aromatic rings. The van der Waals surface area contributed by atoms with Crippen molar-refractivity contribution in [2.75, 3.05) is 9.80 Å². The molecule has 722 valence electrons. The van der Waals surface area contributed by atoms with E-state index < -0.39 is 0 Å². The molecule has 0 amide bonds. The van der Waals surface area contributed by atoms with Gasteiger partial charge in [-0.25, -0.2) is 9.97 Å². The zero-order chi connectivity index (χ0) is 102. The number of nitrogens with zero attached hydrogens (tertiary/aromatic N) is 4. The first-order valence-electron chi connectivity index (χ1n) is 53.4. The maximum atomic E-state index is 5.28. The highest BCUT2D eigenvalue weighted by molar-refractivity contribution is 6.26. The van der Waals surface area contributed by atoms with Crippen molar-refractivity contribution in [2.45, 2.75) is 142 Å². The molecule has 6 aliphatic carbocycles. The highest BCUT2D eigenvalue weighted by Crippen LogP contribution is 2.59. The molecule has 29 rings (SSSR count). The molecule has 2 heterocycles. The number of pyridine rings is 2. The van der Waals surface area contributed by atoms with E-state index in [-0.39, 0.29) is 37.9 Å². The van der Waals surface area contributed by atoms with Crippen LogP contribution in [0.15, 0.2) is 443 Å². The van der Waals surface area contributed by atoms with Gasteiger partial charge in [-0.05, 0) is 325 Å². The average Bonchev–Trinajstić information content (AvgIpc) is 1.59. The van der Waals surface area contributed by atoms with Crippen molar-refractivity contribution in [3.05, 3.63) is 515 Å². The molecule has 0 aliphatic heterocycles. The molecule has 6 aliphatic rings. The van der Waals surface area contributed by atoms with Crippen molar-refractivity contribution in [3.63, 3.8) is 0 Å². The number of benzene rings is 21. The molecule has 2 aromatic heterocycles. The highest BCUT2D eigenvalue weighted by atomic mass is 15.1. The molecule has 21 aromatic carbocycles. The third kappa shape index (κ3) is 14.4. The van der Waals surface area contributed by atoms with Gasteiger partial charge in [0.25, 0.3) is 0 Å². The second kappa shape index (κ2) is 33.8. The molecule has 0 bridgehead atoms. The molecular weight excluding hydrogens is 1810 g/mol. The van der Waals surface area contributed by atoms with E-state index in [1.54, 1.807) is 0 Å². The van der Waals surface area contributed by atoms with E-state index in [1.165, 1.54) is 205 Å². The molecule has 150 heavy (non-hydrogen) atoms. The van der Waals surface area contributed by atoms with Gasteiger partial charge in [0.15, 0.2) is 0 Å². The SMILES string of the molecule is CC(C)(C)c1cc2ccc3ccc(-c4ccc5c(c4)C(C)(C)c4cc(-c6ccc7c(c6)C(C)(C)c6ccccc6-7)ccc4-5)c4ccc(c1)c2c34.CC1(C)c2ccccc2-c2ccc(-c3ccc4ccc5ccc(-c6ccc7c(c6)C(C)(C)c6ccccc6-7)nc5c4n3)cc21.CC1(C)c2ccccc2-c2ccc(N(c3ccccc3)c3ccc(-c4ccc(N(c5ccccc5)c5ccc6c(c5)C(C)(C)c5ccccc5-6)cc4)cc3)cc21. The maximum absolute atomic E-state index is 5.28. The Balaban J connectivity index is 0.000000111. The van der Waals surface area contributed by atoms with E-state index >= 15 is 0 Å². The quantitative estimate of drug-likeness (QED) is 0.121. The molecule has 0 fully saturated rings. The zero-order valence-electron chi connectivity index (χ0n) is 87.9. The van der Waals surface area contributed by atoms with Crippen molar-refractivity contribution in [1.82, 2.24) is 9.97 Å². The van der Waals surface area contributed by atoms with Crippen molar-refractivity contribution in [1.29, 1.82) is 0 Å².